The normalized spacial score (nSPS) is 19.9. The van der Waals surface area contributed by atoms with Crippen molar-refractivity contribution < 1.29 is 8.42 Å². The molecule has 1 unspecified atom stereocenters. The van der Waals surface area contributed by atoms with E-state index in [1.165, 1.54) is 6.26 Å². The van der Waals surface area contributed by atoms with Gasteiger partial charge >= 0.3 is 0 Å². The van der Waals surface area contributed by atoms with Crippen LogP contribution in [0.4, 0.5) is 5.69 Å². The molecule has 110 valence electrons. The van der Waals surface area contributed by atoms with Gasteiger partial charge in [0.05, 0.1) is 10.7 Å². The molecule has 1 aromatic rings. The highest BCUT2D eigenvalue weighted by atomic mass is 35.5. The molecule has 0 spiro atoms. The number of hydrogen-bond acceptors (Lipinski definition) is 5. The molecular formula is C12H16ClN3O2S2. The molecule has 0 aromatic heterocycles. The van der Waals surface area contributed by atoms with Crippen LogP contribution in [0.5, 0.6) is 0 Å². The first-order chi connectivity index (χ1) is 9.30. The third-order valence-corrected chi connectivity index (χ3v) is 6.09. The molecule has 1 fully saturated rings. The van der Waals surface area contributed by atoms with E-state index in [0.29, 0.717) is 28.6 Å². The summed E-state index contributed by atoms with van der Waals surface area (Å²) >= 11 is 7.85. The molecule has 0 aliphatic carbocycles. The van der Waals surface area contributed by atoms with Crippen LogP contribution in [0.3, 0.4) is 0 Å². The molecule has 1 aliphatic heterocycles. The molecule has 0 saturated carbocycles. The topological polar surface area (TPSA) is 87.2 Å². The highest BCUT2D eigenvalue weighted by Crippen LogP contribution is 2.32. The lowest BCUT2D eigenvalue weighted by Crippen LogP contribution is -2.47. The van der Waals surface area contributed by atoms with E-state index in [0.717, 1.165) is 5.75 Å². The van der Waals surface area contributed by atoms with Crippen molar-refractivity contribution in [3.05, 3.63) is 28.8 Å². The van der Waals surface area contributed by atoms with Gasteiger partial charge in [0.2, 0.25) is 0 Å². The Hall–Kier alpha value is -0.920. The van der Waals surface area contributed by atoms with Crippen molar-refractivity contribution in [2.24, 2.45) is 5.73 Å². The fourth-order valence-electron chi connectivity index (χ4n) is 2.12. The number of thioether (sulfide) groups is 1. The van der Waals surface area contributed by atoms with Gasteiger partial charge in [-0.15, -0.1) is 0 Å². The molecule has 5 nitrogen and oxygen atoms in total. The first-order valence-electron chi connectivity index (χ1n) is 5.98. The Kier molecular flexibility index (Phi) is 4.51. The van der Waals surface area contributed by atoms with Crippen molar-refractivity contribution >= 4 is 44.7 Å². The Morgan fingerprint density at radius 2 is 2.25 bits per heavy atom. The number of nitrogens with two attached hydrogens (primary N) is 1. The van der Waals surface area contributed by atoms with Crippen molar-refractivity contribution in [2.45, 2.75) is 5.37 Å². The number of anilines is 1. The van der Waals surface area contributed by atoms with E-state index in [-0.39, 0.29) is 5.84 Å². The van der Waals surface area contributed by atoms with Crippen LogP contribution in [-0.4, -0.2) is 43.9 Å². The van der Waals surface area contributed by atoms with Gasteiger partial charge in [-0.2, -0.15) is 11.8 Å². The summed E-state index contributed by atoms with van der Waals surface area (Å²) < 4.78 is 23.8. The van der Waals surface area contributed by atoms with Gasteiger partial charge in [0.25, 0.3) is 0 Å². The first kappa shape index (κ1) is 15.5. The average molecular weight is 334 g/mol. The molecule has 2 rings (SSSR count). The van der Waals surface area contributed by atoms with Crippen LogP contribution in [0.2, 0.25) is 5.02 Å². The molecule has 1 aromatic carbocycles. The smallest absolute Gasteiger partial charge is 0.169 e. The number of amidine groups is 1. The lowest BCUT2D eigenvalue weighted by molar-refractivity contribution is 0.584. The van der Waals surface area contributed by atoms with Gasteiger partial charge in [-0.1, -0.05) is 11.6 Å². The molecule has 8 heteroatoms. The van der Waals surface area contributed by atoms with Crippen molar-refractivity contribution in [1.82, 2.24) is 0 Å². The number of nitrogen functional groups attached to an aromatic ring is 1. The second-order valence-electron chi connectivity index (χ2n) is 4.63. The van der Waals surface area contributed by atoms with Gasteiger partial charge in [0, 0.05) is 29.9 Å². The summed E-state index contributed by atoms with van der Waals surface area (Å²) in [4.78, 5) is 1.82. The fourth-order valence-corrected chi connectivity index (χ4v) is 5.24. The Morgan fingerprint density at radius 1 is 1.55 bits per heavy atom. The third-order valence-electron chi connectivity index (χ3n) is 3.15. The predicted octanol–water partition coefficient (Wildman–Crippen LogP) is 1.55. The molecule has 0 bridgehead atoms. The molecule has 20 heavy (non-hydrogen) atoms. The molecule has 1 aliphatic rings. The van der Waals surface area contributed by atoms with Crippen LogP contribution >= 0.6 is 23.4 Å². The molecule has 1 atom stereocenters. The Morgan fingerprint density at radius 3 is 2.80 bits per heavy atom. The Bertz CT molecular complexity index is 634. The number of benzene rings is 1. The van der Waals surface area contributed by atoms with Crippen molar-refractivity contribution in [2.75, 3.05) is 29.2 Å². The summed E-state index contributed by atoms with van der Waals surface area (Å²) in [5.74, 6) is 1.33. The van der Waals surface area contributed by atoms with E-state index >= 15 is 0 Å². The minimum absolute atomic E-state index is 0.0627. The fraction of sp³-hybridized carbons (Fsp3) is 0.417. The predicted molar refractivity (Wildman–Crippen MR) is 85.8 cm³/mol. The molecule has 1 saturated heterocycles. The zero-order chi connectivity index (χ0) is 14.9. The second kappa shape index (κ2) is 5.83. The van der Waals surface area contributed by atoms with Gasteiger partial charge in [-0.25, -0.2) is 8.42 Å². The number of nitrogens with one attached hydrogen (secondary N) is 1. The summed E-state index contributed by atoms with van der Waals surface area (Å²) in [6.45, 7) is 0.627. The standard InChI is InChI=1S/C12H16ClN3O2S2/c1-20(17,18)11-7-19-5-4-16(11)10-3-2-8(12(14)15)6-9(10)13/h2-3,6,11H,4-5,7H2,1H3,(H3,14,15). The highest BCUT2D eigenvalue weighted by molar-refractivity contribution is 8.01. The van der Waals surface area contributed by atoms with E-state index < -0.39 is 15.2 Å². The van der Waals surface area contributed by atoms with Gasteiger partial charge < -0.3 is 10.6 Å². The van der Waals surface area contributed by atoms with Crippen molar-refractivity contribution in [1.29, 1.82) is 5.41 Å². The monoisotopic (exact) mass is 333 g/mol. The Labute approximate surface area is 127 Å². The highest BCUT2D eigenvalue weighted by Gasteiger charge is 2.32. The van der Waals surface area contributed by atoms with E-state index in [2.05, 4.69) is 0 Å². The van der Waals surface area contributed by atoms with Gasteiger partial charge in [0.15, 0.2) is 9.84 Å². The number of hydrogen-bond donors (Lipinski definition) is 2. The number of halogens is 1. The van der Waals surface area contributed by atoms with Crippen LogP contribution in [0.25, 0.3) is 0 Å². The van der Waals surface area contributed by atoms with E-state index in [9.17, 15) is 8.42 Å². The minimum Gasteiger partial charge on any atom is -0.384 e. The minimum atomic E-state index is -3.19. The summed E-state index contributed by atoms with van der Waals surface area (Å²) in [5.41, 5.74) is 6.62. The average Bonchev–Trinajstić information content (AvgIpc) is 2.37. The molecule has 0 radical (unpaired) electrons. The summed E-state index contributed by atoms with van der Waals surface area (Å²) in [6.07, 6.45) is 1.24. The zero-order valence-electron chi connectivity index (χ0n) is 11.0. The first-order valence-corrected chi connectivity index (χ1v) is 9.46. The van der Waals surface area contributed by atoms with Crippen LogP contribution in [0.15, 0.2) is 18.2 Å². The van der Waals surface area contributed by atoms with E-state index in [4.69, 9.17) is 22.7 Å². The quantitative estimate of drug-likeness (QED) is 0.647. The van der Waals surface area contributed by atoms with Crippen LogP contribution in [0.1, 0.15) is 5.56 Å². The van der Waals surface area contributed by atoms with Crippen LogP contribution < -0.4 is 10.6 Å². The van der Waals surface area contributed by atoms with Gasteiger partial charge in [-0.05, 0) is 18.2 Å². The van der Waals surface area contributed by atoms with Gasteiger partial charge in [0.1, 0.15) is 11.2 Å². The Balaban J connectivity index is 2.40. The lowest BCUT2D eigenvalue weighted by Gasteiger charge is -2.36. The van der Waals surface area contributed by atoms with E-state index in [1.807, 2.05) is 4.90 Å². The lowest BCUT2D eigenvalue weighted by atomic mass is 10.2. The summed E-state index contributed by atoms with van der Waals surface area (Å²) in [5, 5.41) is 7.24. The van der Waals surface area contributed by atoms with Crippen molar-refractivity contribution in [3.8, 4) is 0 Å². The molecular weight excluding hydrogens is 318 g/mol. The van der Waals surface area contributed by atoms with E-state index in [1.54, 1.807) is 30.0 Å². The molecule has 1 heterocycles. The SMILES string of the molecule is CS(=O)(=O)C1CSCCN1c1ccc(C(=N)N)cc1Cl. The third kappa shape index (κ3) is 3.21. The maximum Gasteiger partial charge on any atom is 0.169 e. The summed E-state index contributed by atoms with van der Waals surface area (Å²) in [7, 11) is -3.19. The zero-order valence-corrected chi connectivity index (χ0v) is 13.4. The van der Waals surface area contributed by atoms with Gasteiger partial charge in [-0.3, -0.25) is 5.41 Å². The molecule has 3 N–H and O–H groups in total. The molecule has 0 amide bonds. The second-order valence-corrected chi connectivity index (χ2v) is 8.39. The largest absolute Gasteiger partial charge is 0.384 e. The maximum absolute atomic E-state index is 11.9. The number of nitrogens with zero attached hydrogens (tertiary/aromatic N) is 1. The van der Waals surface area contributed by atoms with Crippen LogP contribution in [0, 0.1) is 5.41 Å². The van der Waals surface area contributed by atoms with Crippen molar-refractivity contribution in [3.63, 3.8) is 0 Å². The maximum atomic E-state index is 11.9. The number of rotatable bonds is 3. The number of sulfone groups is 1. The summed E-state index contributed by atoms with van der Waals surface area (Å²) in [6, 6.07) is 5.01. The van der Waals surface area contributed by atoms with Crippen LogP contribution in [-0.2, 0) is 9.84 Å².